The standard InChI is InChI=1S/C16H22N2O5S/c1-2-23-16(20)15(19)17-12-8-10-14(11-9-12)24(21,22)18-13-6-4-3-5-7-13/h8-11,13,18H,2-7H2,1H3,(H,17,19). The van der Waals surface area contributed by atoms with Crippen LogP contribution in [0.3, 0.4) is 0 Å². The lowest BCUT2D eigenvalue weighted by Gasteiger charge is -2.22. The number of esters is 1. The summed E-state index contributed by atoms with van der Waals surface area (Å²) >= 11 is 0. The van der Waals surface area contributed by atoms with Crippen molar-refractivity contribution >= 4 is 27.6 Å². The Morgan fingerprint density at radius 2 is 1.75 bits per heavy atom. The maximum Gasteiger partial charge on any atom is 0.397 e. The Morgan fingerprint density at radius 1 is 1.12 bits per heavy atom. The number of anilines is 1. The van der Waals surface area contributed by atoms with Crippen molar-refractivity contribution in [3.05, 3.63) is 24.3 Å². The van der Waals surface area contributed by atoms with Crippen LogP contribution < -0.4 is 10.0 Å². The molecule has 1 fully saturated rings. The summed E-state index contributed by atoms with van der Waals surface area (Å²) in [5.41, 5.74) is 0.324. The summed E-state index contributed by atoms with van der Waals surface area (Å²) in [7, 11) is -3.58. The molecular formula is C16H22N2O5S. The number of carbonyl (C=O) groups excluding carboxylic acids is 2. The molecule has 2 rings (SSSR count). The van der Waals surface area contributed by atoms with Gasteiger partial charge in [-0.15, -0.1) is 0 Å². The van der Waals surface area contributed by atoms with E-state index >= 15 is 0 Å². The number of sulfonamides is 1. The number of hydrogen-bond donors (Lipinski definition) is 2. The summed E-state index contributed by atoms with van der Waals surface area (Å²) in [6.45, 7) is 1.71. The minimum Gasteiger partial charge on any atom is -0.459 e. The summed E-state index contributed by atoms with van der Waals surface area (Å²) in [4.78, 5) is 22.9. The Labute approximate surface area is 141 Å². The number of hydrogen-bond acceptors (Lipinski definition) is 5. The molecule has 0 saturated heterocycles. The molecule has 1 aliphatic carbocycles. The van der Waals surface area contributed by atoms with E-state index < -0.39 is 21.9 Å². The van der Waals surface area contributed by atoms with Crippen molar-refractivity contribution in [3.63, 3.8) is 0 Å². The third-order valence-electron chi connectivity index (χ3n) is 3.81. The molecule has 1 aromatic rings. The molecule has 1 aliphatic rings. The number of rotatable bonds is 5. The van der Waals surface area contributed by atoms with Crippen LogP contribution in [0.4, 0.5) is 5.69 Å². The van der Waals surface area contributed by atoms with E-state index in [0.717, 1.165) is 32.1 Å². The van der Waals surface area contributed by atoms with Crippen molar-refractivity contribution < 1.29 is 22.7 Å². The van der Waals surface area contributed by atoms with Crippen molar-refractivity contribution in [2.24, 2.45) is 0 Å². The summed E-state index contributed by atoms with van der Waals surface area (Å²) < 4.78 is 32.0. The van der Waals surface area contributed by atoms with Gasteiger partial charge in [0.2, 0.25) is 10.0 Å². The van der Waals surface area contributed by atoms with Crippen LogP contribution >= 0.6 is 0 Å². The summed E-state index contributed by atoms with van der Waals surface area (Å²) in [5.74, 6) is -1.87. The average Bonchev–Trinajstić information content (AvgIpc) is 2.56. The van der Waals surface area contributed by atoms with E-state index in [1.54, 1.807) is 6.92 Å². The van der Waals surface area contributed by atoms with Crippen molar-refractivity contribution in [1.29, 1.82) is 0 Å². The second kappa shape index (κ2) is 8.25. The summed E-state index contributed by atoms with van der Waals surface area (Å²) in [6.07, 6.45) is 4.92. The SMILES string of the molecule is CCOC(=O)C(=O)Nc1ccc(S(=O)(=O)NC2CCCCC2)cc1. The van der Waals surface area contributed by atoms with Gasteiger partial charge in [0, 0.05) is 11.7 Å². The molecular weight excluding hydrogens is 332 g/mol. The summed E-state index contributed by atoms with van der Waals surface area (Å²) in [5, 5.41) is 2.36. The average molecular weight is 354 g/mol. The van der Waals surface area contributed by atoms with Gasteiger partial charge < -0.3 is 10.1 Å². The maximum atomic E-state index is 12.4. The van der Waals surface area contributed by atoms with Gasteiger partial charge >= 0.3 is 11.9 Å². The molecule has 8 heteroatoms. The number of carbonyl (C=O) groups is 2. The lowest BCUT2D eigenvalue weighted by Crippen LogP contribution is -2.36. The molecule has 24 heavy (non-hydrogen) atoms. The first-order valence-electron chi connectivity index (χ1n) is 8.03. The number of ether oxygens (including phenoxy) is 1. The fraction of sp³-hybridized carbons (Fsp3) is 0.500. The van der Waals surface area contributed by atoms with E-state index in [9.17, 15) is 18.0 Å². The van der Waals surface area contributed by atoms with Crippen molar-refractivity contribution in [2.45, 2.75) is 50.0 Å². The van der Waals surface area contributed by atoms with E-state index in [1.165, 1.54) is 24.3 Å². The highest BCUT2D eigenvalue weighted by molar-refractivity contribution is 7.89. The molecule has 0 atom stereocenters. The Kier molecular flexibility index (Phi) is 6.33. The van der Waals surface area contributed by atoms with Crippen LogP contribution in [0.5, 0.6) is 0 Å². The zero-order valence-electron chi connectivity index (χ0n) is 13.6. The number of nitrogens with one attached hydrogen (secondary N) is 2. The van der Waals surface area contributed by atoms with Gasteiger partial charge in [0.25, 0.3) is 0 Å². The minimum absolute atomic E-state index is 0.0213. The first kappa shape index (κ1) is 18.4. The predicted octanol–water partition coefficient (Wildman–Crippen LogP) is 1.80. The molecule has 0 aliphatic heterocycles. The molecule has 0 aromatic heterocycles. The van der Waals surface area contributed by atoms with Crippen LogP contribution in [0.1, 0.15) is 39.0 Å². The molecule has 2 N–H and O–H groups in total. The molecule has 132 valence electrons. The van der Waals surface area contributed by atoms with E-state index in [0.29, 0.717) is 5.69 Å². The molecule has 0 bridgehead atoms. The topological polar surface area (TPSA) is 102 Å². The van der Waals surface area contributed by atoms with Crippen molar-refractivity contribution in [1.82, 2.24) is 4.72 Å². The normalized spacial score (nSPS) is 15.7. The fourth-order valence-corrected chi connectivity index (χ4v) is 3.91. The maximum absolute atomic E-state index is 12.4. The first-order valence-corrected chi connectivity index (χ1v) is 9.51. The highest BCUT2D eigenvalue weighted by Crippen LogP contribution is 2.20. The molecule has 7 nitrogen and oxygen atoms in total. The second-order valence-electron chi connectivity index (χ2n) is 5.66. The monoisotopic (exact) mass is 354 g/mol. The Bertz CT molecular complexity index is 679. The largest absolute Gasteiger partial charge is 0.459 e. The van der Waals surface area contributed by atoms with E-state index in [1.807, 2.05) is 0 Å². The molecule has 1 aromatic carbocycles. The lowest BCUT2D eigenvalue weighted by molar-refractivity contribution is -0.152. The molecule has 1 saturated carbocycles. The van der Waals surface area contributed by atoms with Crippen LogP contribution in [-0.4, -0.2) is 32.9 Å². The lowest BCUT2D eigenvalue weighted by atomic mass is 9.96. The summed E-state index contributed by atoms with van der Waals surface area (Å²) in [6, 6.07) is 5.64. The van der Waals surface area contributed by atoms with Crippen LogP contribution in [0.15, 0.2) is 29.2 Å². The van der Waals surface area contributed by atoms with Gasteiger partial charge in [-0.2, -0.15) is 0 Å². The number of amides is 1. The zero-order valence-corrected chi connectivity index (χ0v) is 14.4. The molecule has 0 unspecified atom stereocenters. The van der Waals surface area contributed by atoms with Gasteiger partial charge in [-0.1, -0.05) is 19.3 Å². The van der Waals surface area contributed by atoms with Gasteiger partial charge in [-0.3, -0.25) is 4.79 Å². The van der Waals surface area contributed by atoms with Gasteiger partial charge in [0.15, 0.2) is 0 Å². The quantitative estimate of drug-likeness (QED) is 0.620. The fourth-order valence-electron chi connectivity index (χ4n) is 2.60. The third kappa shape index (κ3) is 5.04. The van der Waals surface area contributed by atoms with Crippen LogP contribution in [-0.2, 0) is 24.3 Å². The predicted molar refractivity (Wildman–Crippen MR) is 88.9 cm³/mol. The smallest absolute Gasteiger partial charge is 0.397 e. The van der Waals surface area contributed by atoms with Crippen LogP contribution in [0.2, 0.25) is 0 Å². The highest BCUT2D eigenvalue weighted by Gasteiger charge is 2.22. The third-order valence-corrected chi connectivity index (χ3v) is 5.35. The van der Waals surface area contributed by atoms with Crippen molar-refractivity contribution in [2.75, 3.05) is 11.9 Å². The first-order chi connectivity index (χ1) is 11.4. The molecule has 1 amide bonds. The molecule has 0 heterocycles. The van der Waals surface area contributed by atoms with Gasteiger partial charge in [-0.25, -0.2) is 17.9 Å². The Morgan fingerprint density at radius 3 is 2.33 bits per heavy atom. The van der Waals surface area contributed by atoms with E-state index in [4.69, 9.17) is 0 Å². The van der Waals surface area contributed by atoms with E-state index in [2.05, 4.69) is 14.8 Å². The second-order valence-corrected chi connectivity index (χ2v) is 7.37. The molecule has 0 spiro atoms. The highest BCUT2D eigenvalue weighted by atomic mass is 32.2. The zero-order chi connectivity index (χ0) is 17.6. The van der Waals surface area contributed by atoms with Crippen LogP contribution in [0, 0.1) is 0 Å². The van der Waals surface area contributed by atoms with Crippen molar-refractivity contribution in [3.8, 4) is 0 Å². The van der Waals surface area contributed by atoms with Gasteiger partial charge in [0.1, 0.15) is 0 Å². The van der Waals surface area contributed by atoms with Gasteiger partial charge in [-0.05, 0) is 44.0 Å². The molecule has 0 radical (unpaired) electrons. The van der Waals surface area contributed by atoms with Crippen LogP contribution in [0.25, 0.3) is 0 Å². The number of benzene rings is 1. The minimum atomic E-state index is -3.58. The Balaban J connectivity index is 2.00. The Hall–Kier alpha value is -1.93. The van der Waals surface area contributed by atoms with Gasteiger partial charge in [0.05, 0.1) is 11.5 Å². The van der Waals surface area contributed by atoms with E-state index in [-0.39, 0.29) is 17.5 Å².